The molecule has 3 nitrogen and oxygen atoms in total. The van der Waals surface area contributed by atoms with E-state index in [1.165, 1.54) is 0 Å². The zero-order chi connectivity index (χ0) is 18.4. The molecule has 4 heteroatoms. The van der Waals surface area contributed by atoms with E-state index in [0.29, 0.717) is 22.8 Å². The van der Waals surface area contributed by atoms with Gasteiger partial charge in [-0.1, -0.05) is 55.8 Å². The molecule has 0 aromatic heterocycles. The number of amides is 1. The summed E-state index contributed by atoms with van der Waals surface area (Å²) in [6.45, 7) is 2.11. The van der Waals surface area contributed by atoms with Crippen LogP contribution in [0.3, 0.4) is 0 Å². The van der Waals surface area contributed by atoms with Crippen molar-refractivity contribution in [2.24, 2.45) is 0 Å². The number of hydrogen-bond donors (Lipinski definition) is 1. The summed E-state index contributed by atoms with van der Waals surface area (Å²) >= 11 is 5.35. The van der Waals surface area contributed by atoms with Gasteiger partial charge in [-0.25, -0.2) is 0 Å². The fourth-order valence-corrected chi connectivity index (χ4v) is 2.93. The molecule has 0 aliphatic rings. The number of unbranched alkanes of at least 4 members (excludes halogenated alkanes) is 1. The summed E-state index contributed by atoms with van der Waals surface area (Å²) in [5.74, 6) is 0.286. The van der Waals surface area contributed by atoms with Crippen LogP contribution in [0.15, 0.2) is 66.7 Å². The topological polar surface area (TPSA) is 38.3 Å². The van der Waals surface area contributed by atoms with Gasteiger partial charge < -0.3 is 10.1 Å². The van der Waals surface area contributed by atoms with E-state index in [0.717, 1.165) is 29.3 Å². The molecular formula is C22H21NO2S. The van der Waals surface area contributed by atoms with Crippen molar-refractivity contribution in [2.45, 2.75) is 26.2 Å². The molecule has 0 aliphatic heterocycles. The Kier molecular flexibility index (Phi) is 5.97. The van der Waals surface area contributed by atoms with Gasteiger partial charge in [0.1, 0.15) is 5.75 Å². The Balaban J connectivity index is 1.94. The van der Waals surface area contributed by atoms with Crippen LogP contribution >= 0.6 is 12.2 Å². The van der Waals surface area contributed by atoms with Gasteiger partial charge in [0, 0.05) is 12.1 Å². The van der Waals surface area contributed by atoms with Gasteiger partial charge in [0.05, 0.1) is 5.56 Å². The molecule has 26 heavy (non-hydrogen) atoms. The Morgan fingerprint density at radius 3 is 2.35 bits per heavy atom. The number of carbonyl (C=O) groups is 1. The van der Waals surface area contributed by atoms with Crippen molar-refractivity contribution in [2.75, 3.05) is 5.32 Å². The fourth-order valence-electron chi connectivity index (χ4n) is 2.70. The highest BCUT2D eigenvalue weighted by Crippen LogP contribution is 2.28. The first-order valence-corrected chi connectivity index (χ1v) is 9.18. The van der Waals surface area contributed by atoms with E-state index in [1.54, 1.807) is 0 Å². The quantitative estimate of drug-likeness (QED) is 0.547. The molecule has 1 N–H and O–H groups in total. The first-order chi connectivity index (χ1) is 12.7. The summed E-state index contributed by atoms with van der Waals surface area (Å²) in [6, 6.07) is 21.0. The standard InChI is InChI=1S/C22H21NO2S/c1-2-3-13-21(26)25-20-15-17-10-8-7-9-16(17)14-19(20)22(24)23-18-11-5-4-6-12-18/h4-12,14-15H,2-3,13H2,1H3,(H,23,24). The highest BCUT2D eigenvalue weighted by Gasteiger charge is 2.16. The number of ether oxygens (including phenoxy) is 1. The average Bonchev–Trinajstić information content (AvgIpc) is 2.66. The Hall–Kier alpha value is -2.72. The lowest BCUT2D eigenvalue weighted by atomic mass is 10.1. The van der Waals surface area contributed by atoms with Gasteiger partial charge in [0.2, 0.25) is 0 Å². The molecule has 0 fully saturated rings. The van der Waals surface area contributed by atoms with Gasteiger partial charge >= 0.3 is 0 Å². The Morgan fingerprint density at radius 2 is 1.65 bits per heavy atom. The number of rotatable bonds is 6. The summed E-state index contributed by atoms with van der Waals surface area (Å²) in [6.07, 6.45) is 2.72. The predicted molar refractivity (Wildman–Crippen MR) is 111 cm³/mol. The van der Waals surface area contributed by atoms with Gasteiger partial charge in [-0.3, -0.25) is 4.79 Å². The van der Waals surface area contributed by atoms with Crippen molar-refractivity contribution in [3.63, 3.8) is 0 Å². The second-order valence-corrected chi connectivity index (χ2v) is 6.55. The van der Waals surface area contributed by atoms with Crippen molar-refractivity contribution < 1.29 is 9.53 Å². The molecular weight excluding hydrogens is 342 g/mol. The van der Waals surface area contributed by atoms with Gasteiger partial charge in [-0.2, -0.15) is 0 Å². The van der Waals surface area contributed by atoms with Crippen molar-refractivity contribution in [1.29, 1.82) is 0 Å². The zero-order valence-corrected chi connectivity index (χ0v) is 15.5. The molecule has 3 aromatic carbocycles. The highest BCUT2D eigenvalue weighted by molar-refractivity contribution is 7.80. The van der Waals surface area contributed by atoms with Crippen LogP contribution in [0, 0.1) is 0 Å². The third-order valence-corrected chi connectivity index (χ3v) is 4.37. The van der Waals surface area contributed by atoms with E-state index < -0.39 is 0 Å². The molecule has 0 aliphatic carbocycles. The molecule has 0 saturated carbocycles. The molecule has 1 amide bonds. The number of nitrogens with one attached hydrogen (secondary N) is 1. The Morgan fingerprint density at radius 1 is 1.00 bits per heavy atom. The smallest absolute Gasteiger partial charge is 0.259 e. The van der Waals surface area contributed by atoms with Crippen LogP contribution in [-0.4, -0.2) is 11.0 Å². The van der Waals surface area contributed by atoms with E-state index in [4.69, 9.17) is 17.0 Å². The molecule has 0 spiro atoms. The van der Waals surface area contributed by atoms with Crippen LogP contribution in [0.1, 0.15) is 36.5 Å². The zero-order valence-electron chi connectivity index (χ0n) is 14.7. The number of fused-ring (bicyclic) bond motifs is 1. The summed E-state index contributed by atoms with van der Waals surface area (Å²) in [5.41, 5.74) is 1.22. The molecule has 0 saturated heterocycles. The monoisotopic (exact) mass is 363 g/mol. The molecule has 132 valence electrons. The maximum Gasteiger partial charge on any atom is 0.259 e. The van der Waals surface area contributed by atoms with Gasteiger partial charge in [-0.05, 0) is 53.7 Å². The molecule has 3 aromatic rings. The van der Waals surface area contributed by atoms with Crippen LogP contribution in [0.4, 0.5) is 5.69 Å². The van der Waals surface area contributed by atoms with E-state index in [-0.39, 0.29) is 5.91 Å². The minimum Gasteiger partial charge on any atom is -0.449 e. The molecule has 0 radical (unpaired) electrons. The SMILES string of the molecule is CCCCC(=S)Oc1cc2ccccc2cc1C(=O)Nc1ccccc1. The maximum absolute atomic E-state index is 12.8. The molecule has 0 unspecified atom stereocenters. The van der Waals surface area contributed by atoms with E-state index >= 15 is 0 Å². The molecule has 3 rings (SSSR count). The van der Waals surface area contributed by atoms with Crippen LogP contribution in [-0.2, 0) is 0 Å². The fraction of sp³-hybridized carbons (Fsp3) is 0.182. The third-order valence-electron chi connectivity index (χ3n) is 4.08. The number of carbonyl (C=O) groups excluding carboxylic acids is 1. The summed E-state index contributed by atoms with van der Waals surface area (Å²) in [4.78, 5) is 12.8. The largest absolute Gasteiger partial charge is 0.449 e. The predicted octanol–water partition coefficient (Wildman–Crippen LogP) is 5.99. The van der Waals surface area contributed by atoms with Crippen molar-refractivity contribution in [3.05, 3.63) is 72.3 Å². The minimum absolute atomic E-state index is 0.213. The maximum atomic E-state index is 12.8. The average molecular weight is 363 g/mol. The molecule has 0 heterocycles. The summed E-state index contributed by atoms with van der Waals surface area (Å²) < 4.78 is 5.89. The first kappa shape index (κ1) is 18.1. The van der Waals surface area contributed by atoms with Gasteiger partial charge in [-0.15, -0.1) is 0 Å². The van der Waals surface area contributed by atoms with Crippen LogP contribution in [0.2, 0.25) is 0 Å². The lowest BCUT2D eigenvalue weighted by molar-refractivity contribution is 0.102. The Labute approximate surface area is 159 Å². The summed E-state index contributed by atoms with van der Waals surface area (Å²) in [7, 11) is 0. The van der Waals surface area contributed by atoms with Crippen LogP contribution in [0.5, 0.6) is 5.75 Å². The van der Waals surface area contributed by atoms with Gasteiger partial charge in [0.15, 0.2) is 5.05 Å². The van der Waals surface area contributed by atoms with Crippen molar-refractivity contribution >= 4 is 39.6 Å². The number of para-hydroxylation sites is 1. The Bertz CT molecular complexity index is 922. The lowest BCUT2D eigenvalue weighted by Crippen LogP contribution is -2.15. The summed E-state index contributed by atoms with van der Waals surface area (Å²) in [5, 5.41) is 5.42. The number of anilines is 1. The lowest BCUT2D eigenvalue weighted by Gasteiger charge is -2.13. The van der Waals surface area contributed by atoms with Gasteiger partial charge in [0.25, 0.3) is 5.91 Å². The third kappa shape index (κ3) is 4.46. The van der Waals surface area contributed by atoms with Crippen LogP contribution in [0.25, 0.3) is 10.8 Å². The van der Waals surface area contributed by atoms with Crippen LogP contribution < -0.4 is 10.1 Å². The number of benzene rings is 3. The van der Waals surface area contributed by atoms with E-state index in [9.17, 15) is 4.79 Å². The van der Waals surface area contributed by atoms with Crippen molar-refractivity contribution in [3.8, 4) is 5.75 Å². The second kappa shape index (κ2) is 8.59. The van der Waals surface area contributed by atoms with Crippen molar-refractivity contribution in [1.82, 2.24) is 0 Å². The van der Waals surface area contributed by atoms with E-state index in [2.05, 4.69) is 12.2 Å². The highest BCUT2D eigenvalue weighted by atomic mass is 32.1. The molecule has 0 bridgehead atoms. The minimum atomic E-state index is -0.213. The molecule has 0 atom stereocenters. The first-order valence-electron chi connectivity index (χ1n) is 8.77. The van der Waals surface area contributed by atoms with E-state index in [1.807, 2.05) is 66.7 Å². The number of hydrogen-bond acceptors (Lipinski definition) is 3. The second-order valence-electron chi connectivity index (χ2n) is 6.09. The normalized spacial score (nSPS) is 10.5. The number of thiocarbonyl (C=S) groups is 1.